The minimum Gasteiger partial charge on any atom is -0.379 e. The van der Waals surface area contributed by atoms with Crippen molar-refractivity contribution in [3.05, 3.63) is 38.4 Å². The number of nitro benzene ring substituents is 2. The molecule has 0 bridgehead atoms. The average molecular weight is 348 g/mol. The molecule has 0 aromatic heterocycles. The van der Waals surface area contributed by atoms with Crippen LogP contribution in [-0.2, 0) is 4.79 Å². The van der Waals surface area contributed by atoms with E-state index in [1.165, 1.54) is 6.92 Å². The molecular weight excluding hydrogens is 338 g/mol. The number of hydrogen-bond acceptors (Lipinski definition) is 6. The molecule has 10 heteroatoms. The highest BCUT2D eigenvalue weighted by Crippen LogP contribution is 2.29. The number of anilines is 1. The molecule has 0 spiro atoms. The number of carbonyl (C=O) groups excluding carboxylic acids is 1. The Bertz CT molecular complexity index is 574. The lowest BCUT2D eigenvalue weighted by molar-refractivity contribution is -0.393. The number of nitrogens with one attached hydrogen (secondary N) is 1. The lowest BCUT2D eigenvalue weighted by Crippen LogP contribution is -2.41. The highest BCUT2D eigenvalue weighted by molar-refractivity contribution is 9.09. The Morgan fingerprint density at radius 1 is 1.40 bits per heavy atom. The summed E-state index contributed by atoms with van der Waals surface area (Å²) in [6, 6.07) is 2.79. The third-order valence-corrected chi connectivity index (χ3v) is 3.48. The van der Waals surface area contributed by atoms with E-state index in [9.17, 15) is 30.1 Å². The number of halogens is 1. The topological polar surface area (TPSA) is 136 Å². The highest BCUT2D eigenvalue weighted by Gasteiger charge is 2.31. The number of benzene rings is 1. The predicted molar refractivity (Wildman–Crippen MR) is 72.8 cm³/mol. The molecule has 0 unspecified atom stereocenters. The number of nitrogens with zero attached hydrogens (tertiary/aromatic N) is 2. The molecule has 1 rings (SSSR count). The second-order valence-corrected chi connectivity index (χ2v) is 4.64. The summed E-state index contributed by atoms with van der Waals surface area (Å²) in [6.45, 7) is 1.22. The van der Waals surface area contributed by atoms with Gasteiger partial charge in [-0.1, -0.05) is 15.9 Å². The van der Waals surface area contributed by atoms with Crippen molar-refractivity contribution in [2.45, 2.75) is 12.5 Å². The van der Waals surface area contributed by atoms with Crippen LogP contribution in [0.5, 0.6) is 0 Å². The number of non-ortho nitro benzene ring substituents is 1. The molecule has 0 saturated heterocycles. The van der Waals surface area contributed by atoms with Crippen LogP contribution in [0.15, 0.2) is 18.2 Å². The summed E-state index contributed by atoms with van der Waals surface area (Å²) in [7, 11) is 0. The van der Waals surface area contributed by atoms with Gasteiger partial charge in [0.15, 0.2) is 0 Å². The third-order valence-electron chi connectivity index (χ3n) is 2.39. The molecule has 0 saturated carbocycles. The Kier molecular flexibility index (Phi) is 4.73. The Hall–Kier alpha value is -2.07. The maximum absolute atomic E-state index is 11.7. The summed E-state index contributed by atoms with van der Waals surface area (Å²) in [6.07, 6.45) is 0. The summed E-state index contributed by atoms with van der Waals surface area (Å²) in [4.78, 5) is 31.5. The molecule has 0 fully saturated rings. The van der Waals surface area contributed by atoms with E-state index < -0.39 is 32.7 Å². The number of nitro groups is 2. The summed E-state index contributed by atoms with van der Waals surface area (Å²) in [5, 5.41) is 33.2. The van der Waals surface area contributed by atoms with Crippen LogP contribution >= 0.6 is 15.9 Å². The molecule has 0 aliphatic rings. The quantitative estimate of drug-likeness (QED) is 0.471. The minimum atomic E-state index is -1.77. The van der Waals surface area contributed by atoms with Gasteiger partial charge in [-0.15, -0.1) is 0 Å². The van der Waals surface area contributed by atoms with Gasteiger partial charge in [-0.2, -0.15) is 0 Å². The van der Waals surface area contributed by atoms with E-state index in [1.54, 1.807) is 0 Å². The van der Waals surface area contributed by atoms with Gasteiger partial charge in [0.1, 0.15) is 11.3 Å². The van der Waals surface area contributed by atoms with Gasteiger partial charge in [0.2, 0.25) is 0 Å². The maximum Gasteiger partial charge on any atom is 0.299 e. The van der Waals surface area contributed by atoms with Crippen LogP contribution in [0, 0.1) is 20.2 Å². The fourth-order valence-electron chi connectivity index (χ4n) is 1.21. The van der Waals surface area contributed by atoms with Crippen LogP contribution in [0.3, 0.4) is 0 Å². The van der Waals surface area contributed by atoms with Crippen LogP contribution < -0.4 is 5.32 Å². The second kappa shape index (κ2) is 5.92. The second-order valence-electron chi connectivity index (χ2n) is 4.08. The van der Waals surface area contributed by atoms with Crippen molar-refractivity contribution in [1.29, 1.82) is 0 Å². The molecule has 0 aliphatic carbocycles. The Labute approximate surface area is 121 Å². The van der Waals surface area contributed by atoms with Crippen molar-refractivity contribution in [2.24, 2.45) is 0 Å². The van der Waals surface area contributed by atoms with Crippen molar-refractivity contribution in [1.82, 2.24) is 0 Å². The van der Waals surface area contributed by atoms with E-state index in [1.807, 2.05) is 0 Å². The van der Waals surface area contributed by atoms with Crippen molar-refractivity contribution in [3.8, 4) is 0 Å². The molecule has 108 valence electrons. The molecule has 1 amide bonds. The molecule has 2 N–H and O–H groups in total. The molecule has 20 heavy (non-hydrogen) atoms. The predicted octanol–water partition coefficient (Wildman–Crippen LogP) is 1.59. The summed E-state index contributed by atoms with van der Waals surface area (Å²) in [5.74, 6) is -0.869. The minimum absolute atomic E-state index is 0.0768. The Morgan fingerprint density at radius 2 is 2.00 bits per heavy atom. The first-order valence-electron chi connectivity index (χ1n) is 5.21. The largest absolute Gasteiger partial charge is 0.379 e. The maximum atomic E-state index is 11.7. The van der Waals surface area contributed by atoms with E-state index in [2.05, 4.69) is 21.2 Å². The number of carbonyl (C=O) groups is 1. The van der Waals surface area contributed by atoms with E-state index >= 15 is 0 Å². The number of rotatable bonds is 5. The van der Waals surface area contributed by atoms with Crippen LogP contribution in [0.4, 0.5) is 17.1 Å². The van der Waals surface area contributed by atoms with Gasteiger partial charge in [-0.05, 0) is 13.0 Å². The van der Waals surface area contributed by atoms with Gasteiger partial charge in [0.25, 0.3) is 17.3 Å². The first kappa shape index (κ1) is 16.0. The van der Waals surface area contributed by atoms with E-state index in [-0.39, 0.29) is 11.0 Å². The standard InChI is InChI=1S/C10H10BrN3O6/c1-10(16,5-11)9(15)12-7-3-2-6(13(17)18)4-8(7)14(19)20/h2-4,16H,5H2,1H3,(H,12,15)/t10-/m0/s1. The third kappa shape index (κ3) is 3.48. The highest BCUT2D eigenvalue weighted by atomic mass is 79.9. The van der Waals surface area contributed by atoms with Crippen molar-refractivity contribution >= 4 is 38.9 Å². The molecule has 1 aromatic carbocycles. The van der Waals surface area contributed by atoms with Crippen molar-refractivity contribution < 1.29 is 19.7 Å². The van der Waals surface area contributed by atoms with Gasteiger partial charge >= 0.3 is 0 Å². The van der Waals surface area contributed by atoms with E-state index in [0.29, 0.717) is 0 Å². The average Bonchev–Trinajstić information content (AvgIpc) is 2.38. The number of amides is 1. The van der Waals surface area contributed by atoms with E-state index in [4.69, 9.17) is 0 Å². The Balaban J connectivity index is 3.16. The van der Waals surface area contributed by atoms with Crippen LogP contribution in [0.1, 0.15) is 6.92 Å². The molecule has 9 nitrogen and oxygen atoms in total. The monoisotopic (exact) mass is 347 g/mol. The van der Waals surface area contributed by atoms with Crippen LogP contribution in [-0.4, -0.2) is 31.8 Å². The molecular formula is C10H10BrN3O6. The lowest BCUT2D eigenvalue weighted by Gasteiger charge is -2.19. The molecule has 1 aromatic rings. The first-order chi connectivity index (χ1) is 9.19. The van der Waals surface area contributed by atoms with Crippen LogP contribution in [0.25, 0.3) is 0 Å². The van der Waals surface area contributed by atoms with Crippen LogP contribution in [0.2, 0.25) is 0 Å². The molecule has 0 radical (unpaired) electrons. The summed E-state index contributed by atoms with van der Waals surface area (Å²) < 4.78 is 0. The zero-order valence-electron chi connectivity index (χ0n) is 10.2. The smallest absolute Gasteiger partial charge is 0.299 e. The molecule has 0 aliphatic heterocycles. The summed E-state index contributed by atoms with van der Waals surface area (Å²) in [5.41, 5.74) is -3.10. The van der Waals surface area contributed by atoms with E-state index in [0.717, 1.165) is 18.2 Å². The van der Waals surface area contributed by atoms with Gasteiger partial charge in [-0.3, -0.25) is 25.0 Å². The SMILES string of the molecule is C[C@](O)(CBr)C(=O)Nc1ccc([N+](=O)[O-])cc1[N+](=O)[O-]. The fraction of sp³-hybridized carbons (Fsp3) is 0.300. The van der Waals surface area contributed by atoms with Crippen molar-refractivity contribution in [3.63, 3.8) is 0 Å². The summed E-state index contributed by atoms with van der Waals surface area (Å²) >= 11 is 2.93. The van der Waals surface area contributed by atoms with Gasteiger partial charge in [-0.25, -0.2) is 0 Å². The lowest BCUT2D eigenvalue weighted by atomic mass is 10.1. The van der Waals surface area contributed by atoms with Gasteiger partial charge in [0, 0.05) is 11.4 Å². The molecule has 0 heterocycles. The number of aliphatic hydroxyl groups is 1. The zero-order valence-corrected chi connectivity index (χ0v) is 11.8. The molecule has 1 atom stereocenters. The number of alkyl halides is 1. The van der Waals surface area contributed by atoms with Gasteiger partial charge < -0.3 is 10.4 Å². The zero-order chi connectivity index (χ0) is 15.5. The number of hydrogen-bond donors (Lipinski definition) is 2. The van der Waals surface area contributed by atoms with Gasteiger partial charge in [0.05, 0.1) is 15.9 Å². The first-order valence-corrected chi connectivity index (χ1v) is 6.34. The fourth-order valence-corrected chi connectivity index (χ4v) is 1.46. The van der Waals surface area contributed by atoms with Crippen molar-refractivity contribution in [2.75, 3.05) is 10.6 Å². The normalized spacial score (nSPS) is 13.3. The Morgan fingerprint density at radius 3 is 2.45 bits per heavy atom.